The lowest BCUT2D eigenvalue weighted by molar-refractivity contribution is 1.41. The number of rotatable bonds is 1. The van der Waals surface area contributed by atoms with E-state index in [0.717, 1.165) is 16.7 Å². The van der Waals surface area contributed by atoms with Gasteiger partial charge in [0.2, 0.25) is 0 Å². The topological polar surface area (TPSA) is 62.2 Å². The number of aliphatic imine (C=N–C) groups is 1. The minimum absolute atomic E-state index is 0.247. The summed E-state index contributed by atoms with van der Waals surface area (Å²) in [6.45, 7) is 2.01. The Morgan fingerprint density at radius 3 is 2.57 bits per heavy atom. The Kier molecular flexibility index (Phi) is 1.93. The van der Waals surface area contributed by atoms with Crippen molar-refractivity contribution in [2.45, 2.75) is 6.92 Å². The summed E-state index contributed by atoms with van der Waals surface area (Å²) < 4.78 is 0. The van der Waals surface area contributed by atoms with Gasteiger partial charge in [-0.25, -0.2) is 4.99 Å². The number of nitrogens with one attached hydrogen (secondary N) is 1. The molecule has 0 spiro atoms. The van der Waals surface area contributed by atoms with Gasteiger partial charge in [0, 0.05) is 5.57 Å². The normalized spacial score (nSPS) is 15.4. The molecule has 3 nitrogen and oxygen atoms in total. The van der Waals surface area contributed by atoms with Crippen molar-refractivity contribution in [3.05, 3.63) is 41.5 Å². The molecule has 1 heterocycles. The molecule has 1 aliphatic heterocycles. The second kappa shape index (κ2) is 3.10. The molecule has 0 aliphatic carbocycles. The molecular formula is C11H11N3. The third-order valence-electron chi connectivity index (χ3n) is 2.22. The van der Waals surface area contributed by atoms with Crippen LogP contribution in [0.4, 0.5) is 0 Å². The van der Waals surface area contributed by atoms with Gasteiger partial charge in [0.15, 0.2) is 5.84 Å². The van der Waals surface area contributed by atoms with E-state index in [-0.39, 0.29) is 5.84 Å². The van der Waals surface area contributed by atoms with Gasteiger partial charge in [-0.1, -0.05) is 24.3 Å². The van der Waals surface area contributed by atoms with Gasteiger partial charge >= 0.3 is 0 Å². The summed E-state index contributed by atoms with van der Waals surface area (Å²) >= 11 is 0. The van der Waals surface area contributed by atoms with E-state index < -0.39 is 0 Å². The fourth-order valence-electron chi connectivity index (χ4n) is 1.52. The second-order valence-corrected chi connectivity index (χ2v) is 3.26. The zero-order chi connectivity index (χ0) is 10.1. The van der Waals surface area contributed by atoms with Gasteiger partial charge in [-0.05, 0) is 24.1 Å². The number of aryl methyl sites for hydroxylation is 1. The molecule has 0 radical (unpaired) electrons. The van der Waals surface area contributed by atoms with Crippen LogP contribution in [0.25, 0.3) is 5.57 Å². The van der Waals surface area contributed by atoms with E-state index in [0.29, 0.717) is 5.84 Å². The predicted octanol–water partition coefficient (Wildman–Crippen LogP) is 1.73. The summed E-state index contributed by atoms with van der Waals surface area (Å²) in [4.78, 5) is 3.87. The summed E-state index contributed by atoms with van der Waals surface area (Å²) in [6.07, 6.45) is 1.74. The van der Waals surface area contributed by atoms with E-state index in [9.17, 15) is 0 Å². The third-order valence-corrected chi connectivity index (χ3v) is 2.22. The summed E-state index contributed by atoms with van der Waals surface area (Å²) in [6, 6.07) is 7.91. The van der Waals surface area contributed by atoms with E-state index in [1.165, 1.54) is 0 Å². The smallest absolute Gasteiger partial charge is 0.154 e. The number of nitrogens with zero attached hydrogens (tertiary/aromatic N) is 1. The van der Waals surface area contributed by atoms with Gasteiger partial charge in [0.1, 0.15) is 5.84 Å². The Bertz CT molecular complexity index is 455. The molecule has 3 N–H and O–H groups in total. The average molecular weight is 185 g/mol. The zero-order valence-electron chi connectivity index (χ0n) is 7.91. The molecule has 0 saturated carbocycles. The standard InChI is InChI=1S/C11H11N3/c1-7-4-2-3-5-8(7)9-6-10(12)14-11(9)13/h2-6H,1H3,(H3,12,13,14). The highest BCUT2D eigenvalue weighted by atomic mass is 14.9. The van der Waals surface area contributed by atoms with Gasteiger partial charge in [-0.2, -0.15) is 0 Å². The lowest BCUT2D eigenvalue weighted by Gasteiger charge is -2.04. The van der Waals surface area contributed by atoms with Crippen molar-refractivity contribution >= 4 is 17.2 Å². The lowest BCUT2D eigenvalue weighted by atomic mass is 10.0. The molecule has 0 amide bonds. The van der Waals surface area contributed by atoms with E-state index in [2.05, 4.69) is 4.99 Å². The maximum atomic E-state index is 7.63. The summed E-state index contributed by atoms with van der Waals surface area (Å²) in [5.74, 6) is 0.657. The maximum absolute atomic E-state index is 7.63. The molecule has 1 aliphatic rings. The summed E-state index contributed by atoms with van der Waals surface area (Å²) in [5.41, 5.74) is 8.50. The molecular weight excluding hydrogens is 174 g/mol. The predicted molar refractivity (Wildman–Crippen MR) is 58.5 cm³/mol. The van der Waals surface area contributed by atoms with Crippen LogP contribution in [0.5, 0.6) is 0 Å². The monoisotopic (exact) mass is 185 g/mol. The van der Waals surface area contributed by atoms with Crippen LogP contribution in [0, 0.1) is 12.3 Å². The molecule has 0 aromatic heterocycles. The molecule has 0 bridgehead atoms. The molecule has 70 valence electrons. The van der Waals surface area contributed by atoms with Crippen molar-refractivity contribution in [1.29, 1.82) is 5.41 Å². The minimum Gasteiger partial charge on any atom is -0.384 e. The van der Waals surface area contributed by atoms with Crippen molar-refractivity contribution in [2.24, 2.45) is 10.7 Å². The Morgan fingerprint density at radius 2 is 2.00 bits per heavy atom. The Balaban J connectivity index is 2.49. The first-order valence-corrected chi connectivity index (χ1v) is 4.39. The van der Waals surface area contributed by atoms with Crippen LogP contribution in [0.1, 0.15) is 11.1 Å². The van der Waals surface area contributed by atoms with E-state index in [4.69, 9.17) is 11.1 Å². The maximum Gasteiger partial charge on any atom is 0.154 e. The molecule has 3 heteroatoms. The Labute approximate surface area is 82.5 Å². The molecule has 0 unspecified atom stereocenters. The molecule has 1 aromatic rings. The number of nitrogens with two attached hydrogens (primary N) is 1. The molecule has 0 saturated heterocycles. The summed E-state index contributed by atoms with van der Waals surface area (Å²) in [7, 11) is 0. The van der Waals surface area contributed by atoms with Gasteiger partial charge in [0.25, 0.3) is 0 Å². The molecule has 0 atom stereocenters. The number of benzene rings is 1. The Hall–Kier alpha value is -1.90. The molecule has 0 fully saturated rings. The minimum atomic E-state index is 0.247. The van der Waals surface area contributed by atoms with Gasteiger partial charge in [-0.3, -0.25) is 5.41 Å². The van der Waals surface area contributed by atoms with Crippen LogP contribution in [-0.2, 0) is 0 Å². The summed E-state index contributed by atoms with van der Waals surface area (Å²) in [5, 5.41) is 7.63. The van der Waals surface area contributed by atoms with Crippen LogP contribution in [0.15, 0.2) is 35.3 Å². The SMILES string of the molecule is Cc1ccccc1C1=CC(N)=NC1=N. The van der Waals surface area contributed by atoms with Crippen LogP contribution >= 0.6 is 0 Å². The number of amidine groups is 2. The average Bonchev–Trinajstić information content (AvgIpc) is 2.46. The number of hydrogen-bond donors (Lipinski definition) is 2. The fourth-order valence-corrected chi connectivity index (χ4v) is 1.52. The zero-order valence-corrected chi connectivity index (χ0v) is 7.91. The lowest BCUT2D eigenvalue weighted by Crippen LogP contribution is -2.04. The Morgan fingerprint density at radius 1 is 1.29 bits per heavy atom. The highest BCUT2D eigenvalue weighted by Gasteiger charge is 2.15. The second-order valence-electron chi connectivity index (χ2n) is 3.26. The first kappa shape index (κ1) is 8.69. The molecule has 2 rings (SSSR count). The van der Waals surface area contributed by atoms with E-state index in [1.807, 2.05) is 31.2 Å². The van der Waals surface area contributed by atoms with Crippen LogP contribution < -0.4 is 5.73 Å². The van der Waals surface area contributed by atoms with Crippen LogP contribution in [-0.4, -0.2) is 11.7 Å². The van der Waals surface area contributed by atoms with E-state index in [1.54, 1.807) is 6.08 Å². The third kappa shape index (κ3) is 1.33. The largest absolute Gasteiger partial charge is 0.384 e. The van der Waals surface area contributed by atoms with E-state index >= 15 is 0 Å². The van der Waals surface area contributed by atoms with Crippen molar-refractivity contribution in [3.63, 3.8) is 0 Å². The molecule has 14 heavy (non-hydrogen) atoms. The van der Waals surface area contributed by atoms with Crippen LogP contribution in [0.3, 0.4) is 0 Å². The molecule has 1 aromatic carbocycles. The van der Waals surface area contributed by atoms with Gasteiger partial charge in [0.05, 0.1) is 0 Å². The number of hydrogen-bond acceptors (Lipinski definition) is 2. The first-order valence-electron chi connectivity index (χ1n) is 4.39. The van der Waals surface area contributed by atoms with Crippen LogP contribution in [0.2, 0.25) is 0 Å². The van der Waals surface area contributed by atoms with Gasteiger partial charge in [-0.15, -0.1) is 0 Å². The highest BCUT2D eigenvalue weighted by molar-refractivity contribution is 6.33. The van der Waals surface area contributed by atoms with Crippen molar-refractivity contribution < 1.29 is 0 Å². The van der Waals surface area contributed by atoms with Crippen molar-refractivity contribution in [2.75, 3.05) is 0 Å². The van der Waals surface area contributed by atoms with Crippen molar-refractivity contribution in [1.82, 2.24) is 0 Å². The highest BCUT2D eigenvalue weighted by Crippen LogP contribution is 2.22. The van der Waals surface area contributed by atoms with Gasteiger partial charge < -0.3 is 5.73 Å². The first-order chi connectivity index (χ1) is 6.68. The van der Waals surface area contributed by atoms with Crippen molar-refractivity contribution in [3.8, 4) is 0 Å². The quantitative estimate of drug-likeness (QED) is 0.687. The fraction of sp³-hybridized carbons (Fsp3) is 0.0909.